The fourth-order valence-electron chi connectivity index (χ4n) is 0. The second-order valence-electron chi connectivity index (χ2n) is 0.908. The summed E-state index contributed by atoms with van der Waals surface area (Å²) >= 11 is 0. The molecule has 0 aromatic rings. The summed E-state index contributed by atoms with van der Waals surface area (Å²) in [5, 5.41) is 0. The van der Waals surface area contributed by atoms with E-state index in [0.717, 1.165) is 0 Å². The Labute approximate surface area is 52.1 Å². The van der Waals surface area contributed by atoms with E-state index < -0.39 is 0 Å². The molecule has 0 atom stereocenters. The van der Waals surface area contributed by atoms with Gasteiger partial charge in [-0.1, -0.05) is 0 Å². The molecule has 0 saturated carbocycles. The van der Waals surface area contributed by atoms with Crippen molar-refractivity contribution in [3.05, 3.63) is 0 Å². The molecule has 6 heavy (non-hydrogen) atoms. The van der Waals surface area contributed by atoms with Crippen LogP contribution in [0.1, 0.15) is 13.8 Å². The van der Waals surface area contributed by atoms with Crippen molar-refractivity contribution >= 4 is 5.78 Å². The third-order valence-corrected chi connectivity index (χ3v) is 0. The van der Waals surface area contributed by atoms with Gasteiger partial charge in [0.05, 0.1) is 0 Å². The predicted molar refractivity (Wildman–Crippen MR) is 20.0 cm³/mol. The first-order valence-corrected chi connectivity index (χ1v) is 1.20. The molecule has 0 aliphatic heterocycles. The van der Waals surface area contributed by atoms with Gasteiger partial charge in [-0.25, -0.2) is 0 Å². The Hall–Kier alpha value is 0.344. The van der Waals surface area contributed by atoms with Crippen LogP contribution in [0.5, 0.6) is 0 Å². The average molecular weight is 124 g/mol. The maximum absolute atomic E-state index is 9.44. The second-order valence-corrected chi connectivity index (χ2v) is 0.908. The van der Waals surface area contributed by atoms with Crippen LogP contribution in [0.25, 0.3) is 0 Å². The van der Waals surface area contributed by atoms with Crippen molar-refractivity contribution in [2.45, 2.75) is 13.8 Å². The monoisotopic (exact) mass is 124 g/mol. The molecule has 0 fully saturated rings. The Kier molecular flexibility index (Phi) is 24.4. The number of hydrogen-bond donors (Lipinski definition) is 0. The Morgan fingerprint density at radius 1 is 1.33 bits per heavy atom. The van der Waals surface area contributed by atoms with Crippen LogP contribution in [-0.4, -0.2) is 11.3 Å². The Balaban J connectivity index is -0.0000000450. The summed E-state index contributed by atoms with van der Waals surface area (Å²) in [4.78, 5) is 9.44. The van der Waals surface area contributed by atoms with Gasteiger partial charge in [0, 0.05) is 21.7 Å². The summed E-state index contributed by atoms with van der Waals surface area (Å²) in [6.45, 7) is 3.06. The van der Waals surface area contributed by atoms with E-state index in [2.05, 4.69) is 0 Å². The predicted octanol–water partition coefficient (Wildman–Crippen LogP) is -0.232. The molecule has 0 radical (unpaired) electrons. The molecule has 0 aromatic carbocycles. The van der Waals surface area contributed by atoms with Gasteiger partial charge in [0.25, 0.3) is 0 Å². The van der Waals surface area contributed by atoms with Crippen molar-refractivity contribution in [1.82, 2.24) is 0 Å². The number of carbonyl (C=O) groups excluding carboxylic acids is 1. The molecule has 36 valence electrons. The van der Waals surface area contributed by atoms with Crippen molar-refractivity contribution in [2.75, 3.05) is 0 Å². The van der Waals surface area contributed by atoms with Crippen LogP contribution in [0.2, 0.25) is 0 Å². The maximum atomic E-state index is 9.44. The molecule has 0 rings (SSSR count). The first-order valence-electron chi connectivity index (χ1n) is 1.20. The topological polar surface area (TPSA) is 48.6 Å². The molecule has 0 bridgehead atoms. The minimum atomic E-state index is 0. The third kappa shape index (κ3) is 410. The van der Waals surface area contributed by atoms with Crippen LogP contribution in [0.3, 0.4) is 0 Å². The zero-order chi connectivity index (χ0) is 3.58. The van der Waals surface area contributed by atoms with Gasteiger partial charge in [-0.3, -0.25) is 0 Å². The molecular weight excluding hydrogens is 116 g/mol. The van der Waals surface area contributed by atoms with E-state index in [1.54, 1.807) is 0 Å². The fraction of sp³-hybridized carbons (Fsp3) is 0.667. The molecule has 0 aromatic heterocycles. The largest absolute Gasteiger partial charge is 0.412 e. The van der Waals surface area contributed by atoms with Gasteiger partial charge in [-0.05, 0) is 13.8 Å². The van der Waals surface area contributed by atoms with Crippen molar-refractivity contribution in [1.29, 1.82) is 0 Å². The van der Waals surface area contributed by atoms with E-state index in [1.807, 2.05) is 0 Å². The van der Waals surface area contributed by atoms with Crippen LogP contribution in [0.4, 0.5) is 0 Å². The molecule has 0 amide bonds. The Morgan fingerprint density at radius 2 is 1.33 bits per heavy atom. The van der Waals surface area contributed by atoms with Crippen LogP contribution in [0, 0.1) is 0 Å². The quantitative estimate of drug-likeness (QED) is 0.411. The molecule has 0 saturated heterocycles. The normalized spacial score (nSPS) is 4.33. The van der Waals surface area contributed by atoms with Crippen LogP contribution in [-0.2, 0) is 26.5 Å². The van der Waals surface area contributed by atoms with Gasteiger partial charge in [-0.2, -0.15) is 0 Å². The standard InChI is InChI=1S/C3H6O.H2O.Ti/c1-3(2)4;;/h1-2H3;1H2;. The van der Waals surface area contributed by atoms with Gasteiger partial charge in [0.15, 0.2) is 0 Å². The summed E-state index contributed by atoms with van der Waals surface area (Å²) in [6.07, 6.45) is 0. The van der Waals surface area contributed by atoms with Crippen molar-refractivity contribution in [3.8, 4) is 0 Å². The molecule has 2 N–H and O–H groups in total. The van der Waals surface area contributed by atoms with E-state index in [9.17, 15) is 4.79 Å². The van der Waals surface area contributed by atoms with Crippen molar-refractivity contribution < 1.29 is 32.0 Å². The number of rotatable bonds is 0. The van der Waals surface area contributed by atoms with Gasteiger partial charge in [-0.15, -0.1) is 0 Å². The number of carbonyl (C=O) groups is 1. The molecular formula is C3H8O2Ti. The van der Waals surface area contributed by atoms with Gasteiger partial charge in [0.1, 0.15) is 5.78 Å². The van der Waals surface area contributed by atoms with Crippen LogP contribution < -0.4 is 0 Å². The molecule has 0 heterocycles. The summed E-state index contributed by atoms with van der Waals surface area (Å²) in [6, 6.07) is 0. The van der Waals surface area contributed by atoms with Crippen molar-refractivity contribution in [3.63, 3.8) is 0 Å². The van der Waals surface area contributed by atoms with E-state index in [4.69, 9.17) is 0 Å². The minimum absolute atomic E-state index is 0. The van der Waals surface area contributed by atoms with E-state index in [1.165, 1.54) is 13.8 Å². The fourth-order valence-corrected chi connectivity index (χ4v) is 0. The zero-order valence-corrected chi connectivity index (χ0v) is 5.47. The van der Waals surface area contributed by atoms with Crippen molar-refractivity contribution in [2.24, 2.45) is 0 Å². The summed E-state index contributed by atoms with van der Waals surface area (Å²) in [5.41, 5.74) is 0. The summed E-state index contributed by atoms with van der Waals surface area (Å²) < 4.78 is 0. The first-order chi connectivity index (χ1) is 1.73. The molecule has 0 unspecified atom stereocenters. The zero-order valence-electron chi connectivity index (χ0n) is 3.91. The van der Waals surface area contributed by atoms with Crippen LogP contribution >= 0.6 is 0 Å². The SMILES string of the molecule is CC(C)=O.O.[Ti]. The van der Waals surface area contributed by atoms with E-state index in [0.29, 0.717) is 0 Å². The maximum Gasteiger partial charge on any atom is 0.126 e. The molecule has 3 heteroatoms. The Bertz CT molecular complexity index is 31.8. The molecule has 0 aliphatic rings. The third-order valence-electron chi connectivity index (χ3n) is 0. The smallest absolute Gasteiger partial charge is 0.126 e. The minimum Gasteiger partial charge on any atom is -0.412 e. The molecule has 0 aliphatic carbocycles. The first kappa shape index (κ1) is 16.2. The number of ketones is 1. The van der Waals surface area contributed by atoms with Gasteiger partial charge < -0.3 is 10.3 Å². The number of hydrogen-bond acceptors (Lipinski definition) is 1. The Morgan fingerprint density at radius 3 is 1.33 bits per heavy atom. The summed E-state index contributed by atoms with van der Waals surface area (Å²) in [7, 11) is 0. The number of Topliss-reactive ketones (excluding diaryl/α,β-unsaturated/α-hetero) is 1. The van der Waals surface area contributed by atoms with E-state index in [-0.39, 0.29) is 33.0 Å². The van der Waals surface area contributed by atoms with Crippen LogP contribution in [0.15, 0.2) is 0 Å². The van der Waals surface area contributed by atoms with Gasteiger partial charge >= 0.3 is 0 Å². The molecule has 2 nitrogen and oxygen atoms in total. The second kappa shape index (κ2) is 9.02. The summed E-state index contributed by atoms with van der Waals surface area (Å²) in [5.74, 6) is 0.167. The molecule has 0 spiro atoms. The van der Waals surface area contributed by atoms with Gasteiger partial charge in [0.2, 0.25) is 0 Å². The average Bonchev–Trinajstić information content (AvgIpc) is 0.811. The van der Waals surface area contributed by atoms with E-state index >= 15 is 0 Å².